The molecule has 0 spiro atoms. The molecule has 29 heavy (non-hydrogen) atoms. The van der Waals surface area contributed by atoms with E-state index in [4.69, 9.17) is 39.5 Å². The molecule has 1 aliphatic rings. The van der Waals surface area contributed by atoms with Crippen LogP contribution in [0.25, 0.3) is 6.08 Å². The number of thioether (sulfide) groups is 1. The molecule has 4 nitrogen and oxygen atoms in total. The highest BCUT2D eigenvalue weighted by Crippen LogP contribution is 2.38. The number of imide groups is 1. The van der Waals surface area contributed by atoms with Crippen molar-refractivity contribution < 1.29 is 14.3 Å². The average molecular weight is 471 g/mol. The molecule has 0 unspecified atom stereocenters. The molecular formula is C21H18Cl3NO3S. The number of rotatable bonds is 6. The molecular weight excluding hydrogens is 453 g/mol. The van der Waals surface area contributed by atoms with Crippen molar-refractivity contribution in [3.63, 3.8) is 0 Å². The van der Waals surface area contributed by atoms with Gasteiger partial charge in [0, 0.05) is 11.1 Å². The predicted octanol–water partition coefficient (Wildman–Crippen LogP) is 7.06. The number of halogens is 3. The Labute approximate surface area is 188 Å². The van der Waals surface area contributed by atoms with Crippen LogP contribution in [0.4, 0.5) is 4.79 Å². The number of amides is 2. The Morgan fingerprint density at radius 1 is 1.10 bits per heavy atom. The molecule has 8 heteroatoms. The second-order valence-electron chi connectivity index (χ2n) is 6.54. The van der Waals surface area contributed by atoms with Crippen molar-refractivity contribution >= 4 is 63.8 Å². The molecule has 1 atom stereocenters. The van der Waals surface area contributed by atoms with Crippen LogP contribution in [0, 0.1) is 0 Å². The fourth-order valence-corrected chi connectivity index (χ4v) is 4.40. The molecule has 1 fully saturated rings. The van der Waals surface area contributed by atoms with Crippen LogP contribution in [0.5, 0.6) is 5.75 Å². The number of benzene rings is 2. The molecule has 1 saturated heterocycles. The van der Waals surface area contributed by atoms with Gasteiger partial charge in [0.25, 0.3) is 11.1 Å². The summed E-state index contributed by atoms with van der Waals surface area (Å²) in [6, 6.07) is 10.4. The number of hydrogen-bond donors (Lipinski definition) is 0. The monoisotopic (exact) mass is 469 g/mol. The molecule has 0 aliphatic carbocycles. The highest BCUT2D eigenvalue weighted by atomic mass is 35.5. The molecule has 2 aromatic rings. The van der Waals surface area contributed by atoms with E-state index in [0.29, 0.717) is 37.7 Å². The van der Waals surface area contributed by atoms with E-state index in [0.717, 1.165) is 17.3 Å². The van der Waals surface area contributed by atoms with Gasteiger partial charge in [-0.2, -0.15) is 0 Å². The van der Waals surface area contributed by atoms with Crippen LogP contribution in [0.15, 0.2) is 41.3 Å². The summed E-state index contributed by atoms with van der Waals surface area (Å²) in [6.45, 7) is 4.06. The topological polar surface area (TPSA) is 46.6 Å². The average Bonchev–Trinajstić information content (AvgIpc) is 2.95. The van der Waals surface area contributed by atoms with Gasteiger partial charge in [-0.15, -0.1) is 0 Å². The van der Waals surface area contributed by atoms with Gasteiger partial charge < -0.3 is 4.74 Å². The first-order valence-electron chi connectivity index (χ1n) is 8.93. The van der Waals surface area contributed by atoms with Gasteiger partial charge in [0.15, 0.2) is 5.75 Å². The highest BCUT2D eigenvalue weighted by molar-refractivity contribution is 8.18. The van der Waals surface area contributed by atoms with Gasteiger partial charge in [-0.1, -0.05) is 53.9 Å². The molecule has 0 saturated carbocycles. The minimum absolute atomic E-state index is 0.149. The second kappa shape index (κ2) is 9.43. The van der Waals surface area contributed by atoms with Crippen LogP contribution < -0.4 is 4.74 Å². The minimum atomic E-state index is -0.301. The van der Waals surface area contributed by atoms with Crippen molar-refractivity contribution in [1.29, 1.82) is 0 Å². The lowest BCUT2D eigenvalue weighted by Crippen LogP contribution is -2.36. The molecule has 152 valence electrons. The van der Waals surface area contributed by atoms with Crippen LogP contribution in [-0.4, -0.2) is 22.1 Å². The first-order chi connectivity index (χ1) is 13.8. The maximum Gasteiger partial charge on any atom is 0.293 e. The highest BCUT2D eigenvalue weighted by Gasteiger charge is 2.37. The molecule has 0 bridgehead atoms. The Balaban J connectivity index is 1.78. The van der Waals surface area contributed by atoms with Crippen molar-refractivity contribution in [3.05, 3.63) is 67.5 Å². The lowest BCUT2D eigenvalue weighted by atomic mass is 10.2. The molecule has 1 heterocycles. The third-order valence-corrected chi connectivity index (χ3v) is 6.17. The summed E-state index contributed by atoms with van der Waals surface area (Å²) in [5, 5.41) is 1.01. The standard InChI is InChI=1S/C21H18Cl3NO3S/c1-3-12(2)25-20(26)18(29-21(25)27)10-14-8-16(23)19(17(24)9-14)28-11-13-4-6-15(22)7-5-13/h4-10,12H,3,11H2,1-2H3/b18-10+/t12-/m1/s1. The maximum absolute atomic E-state index is 12.6. The Bertz CT molecular complexity index is 953. The van der Waals surface area contributed by atoms with E-state index in [1.807, 2.05) is 26.0 Å². The summed E-state index contributed by atoms with van der Waals surface area (Å²) in [4.78, 5) is 26.3. The van der Waals surface area contributed by atoms with Gasteiger partial charge in [0.05, 0.1) is 15.0 Å². The molecule has 2 amide bonds. The Kier molecular flexibility index (Phi) is 7.17. The summed E-state index contributed by atoms with van der Waals surface area (Å²) < 4.78 is 5.76. The Hall–Kier alpha value is -1.66. The molecule has 0 aromatic heterocycles. The van der Waals surface area contributed by atoms with E-state index in [1.54, 1.807) is 30.3 Å². The Morgan fingerprint density at radius 2 is 1.72 bits per heavy atom. The third kappa shape index (κ3) is 5.10. The first kappa shape index (κ1) is 22.0. The van der Waals surface area contributed by atoms with Gasteiger partial charge in [-0.05, 0) is 66.6 Å². The summed E-state index contributed by atoms with van der Waals surface area (Å²) in [6.07, 6.45) is 2.32. The number of nitrogens with zero attached hydrogens (tertiary/aromatic N) is 1. The van der Waals surface area contributed by atoms with E-state index < -0.39 is 0 Å². The fraction of sp³-hybridized carbons (Fsp3) is 0.238. The SMILES string of the molecule is CC[C@@H](C)N1C(=O)S/C(=C/c2cc(Cl)c(OCc3ccc(Cl)cc3)c(Cl)c2)C1=O. The van der Waals surface area contributed by atoms with E-state index in [9.17, 15) is 9.59 Å². The van der Waals surface area contributed by atoms with Gasteiger partial charge in [0.2, 0.25) is 0 Å². The quantitative estimate of drug-likeness (QED) is 0.424. The van der Waals surface area contributed by atoms with Crippen molar-refractivity contribution in [2.45, 2.75) is 32.9 Å². The molecule has 1 aliphatic heterocycles. The van der Waals surface area contributed by atoms with Crippen molar-refractivity contribution in [2.75, 3.05) is 0 Å². The maximum atomic E-state index is 12.6. The van der Waals surface area contributed by atoms with Crippen molar-refractivity contribution in [1.82, 2.24) is 4.90 Å². The molecule has 0 radical (unpaired) electrons. The summed E-state index contributed by atoms with van der Waals surface area (Å²) in [7, 11) is 0. The predicted molar refractivity (Wildman–Crippen MR) is 120 cm³/mol. The lowest BCUT2D eigenvalue weighted by molar-refractivity contribution is -0.124. The molecule has 3 rings (SSSR count). The van der Waals surface area contributed by atoms with E-state index in [-0.39, 0.29) is 23.8 Å². The van der Waals surface area contributed by atoms with Gasteiger partial charge in [-0.25, -0.2) is 0 Å². The van der Waals surface area contributed by atoms with E-state index in [1.165, 1.54) is 4.90 Å². The first-order valence-corrected chi connectivity index (χ1v) is 10.9. The van der Waals surface area contributed by atoms with Crippen LogP contribution in [0.3, 0.4) is 0 Å². The van der Waals surface area contributed by atoms with Crippen LogP contribution in [0.2, 0.25) is 15.1 Å². The fourth-order valence-electron chi connectivity index (χ4n) is 2.73. The minimum Gasteiger partial charge on any atom is -0.486 e. The Morgan fingerprint density at radius 3 is 2.31 bits per heavy atom. The van der Waals surface area contributed by atoms with Crippen LogP contribution in [0.1, 0.15) is 31.4 Å². The summed E-state index contributed by atoms with van der Waals surface area (Å²) in [5.41, 5.74) is 1.54. The zero-order valence-electron chi connectivity index (χ0n) is 15.7. The van der Waals surface area contributed by atoms with Gasteiger partial charge >= 0.3 is 0 Å². The second-order valence-corrected chi connectivity index (χ2v) is 8.78. The van der Waals surface area contributed by atoms with Crippen LogP contribution in [-0.2, 0) is 11.4 Å². The van der Waals surface area contributed by atoms with E-state index in [2.05, 4.69) is 0 Å². The smallest absolute Gasteiger partial charge is 0.293 e. The largest absolute Gasteiger partial charge is 0.486 e. The van der Waals surface area contributed by atoms with Crippen molar-refractivity contribution in [2.24, 2.45) is 0 Å². The van der Waals surface area contributed by atoms with E-state index >= 15 is 0 Å². The number of carbonyl (C=O) groups excluding carboxylic acids is 2. The number of carbonyl (C=O) groups is 2. The normalized spacial score (nSPS) is 16.6. The summed E-state index contributed by atoms with van der Waals surface area (Å²) >= 11 is 19.5. The zero-order valence-corrected chi connectivity index (χ0v) is 18.8. The summed E-state index contributed by atoms with van der Waals surface area (Å²) in [5.74, 6) is 0.0535. The van der Waals surface area contributed by atoms with Crippen molar-refractivity contribution in [3.8, 4) is 5.75 Å². The van der Waals surface area contributed by atoms with Gasteiger partial charge in [-0.3, -0.25) is 14.5 Å². The van der Waals surface area contributed by atoms with Gasteiger partial charge in [0.1, 0.15) is 6.61 Å². The number of hydrogen-bond acceptors (Lipinski definition) is 4. The number of ether oxygens (including phenoxy) is 1. The van der Waals surface area contributed by atoms with Crippen LogP contribution >= 0.6 is 46.6 Å². The molecule has 2 aromatic carbocycles. The third-order valence-electron chi connectivity index (χ3n) is 4.47. The molecule has 0 N–H and O–H groups in total. The lowest BCUT2D eigenvalue weighted by Gasteiger charge is -2.19. The zero-order chi connectivity index (χ0) is 21.1.